The van der Waals surface area contributed by atoms with Crippen LogP contribution in [0.4, 0.5) is 0 Å². The minimum absolute atomic E-state index is 0.0631. The van der Waals surface area contributed by atoms with Gasteiger partial charge in [-0.3, -0.25) is 4.79 Å². The Hall–Kier alpha value is -1.39. The molecule has 0 spiro atoms. The number of ether oxygens (including phenoxy) is 1. The smallest absolute Gasteiger partial charge is 0.370 e. The zero-order valence-electron chi connectivity index (χ0n) is 12.1. The molecule has 1 rings (SSSR count). The number of aliphatic hydroxyl groups is 4. The van der Waals surface area contributed by atoms with Gasteiger partial charge in [0.2, 0.25) is 11.7 Å². The molecular formula is C13H20ClNO8. The van der Waals surface area contributed by atoms with E-state index in [1.54, 1.807) is 0 Å². The first-order valence-corrected chi connectivity index (χ1v) is 7.47. The Morgan fingerprint density at radius 3 is 2.57 bits per heavy atom. The third-order valence-corrected chi connectivity index (χ3v) is 3.57. The molecule has 9 nitrogen and oxygen atoms in total. The van der Waals surface area contributed by atoms with E-state index >= 15 is 0 Å². The quantitative estimate of drug-likeness (QED) is 0.272. The van der Waals surface area contributed by atoms with Crippen molar-refractivity contribution < 1.29 is 39.9 Å². The van der Waals surface area contributed by atoms with E-state index in [9.17, 15) is 24.9 Å². The summed E-state index contributed by atoms with van der Waals surface area (Å²) in [5.41, 5.74) is 0. The van der Waals surface area contributed by atoms with Crippen LogP contribution in [0.5, 0.6) is 0 Å². The number of carboxylic acids is 1. The van der Waals surface area contributed by atoms with Crippen LogP contribution in [-0.2, 0) is 14.3 Å². The zero-order valence-corrected chi connectivity index (χ0v) is 12.9. The van der Waals surface area contributed by atoms with Crippen molar-refractivity contribution in [1.29, 1.82) is 0 Å². The molecule has 0 aliphatic carbocycles. The second kappa shape index (κ2) is 9.04. The van der Waals surface area contributed by atoms with Gasteiger partial charge in [0.1, 0.15) is 18.3 Å². The van der Waals surface area contributed by atoms with Crippen molar-refractivity contribution in [3.8, 4) is 0 Å². The molecule has 1 heterocycles. The van der Waals surface area contributed by atoms with Gasteiger partial charge in [-0.25, -0.2) is 4.79 Å². The highest BCUT2D eigenvalue weighted by molar-refractivity contribution is 6.17. The minimum Gasteiger partial charge on any atom is -0.478 e. The van der Waals surface area contributed by atoms with Crippen molar-refractivity contribution in [2.45, 2.75) is 43.3 Å². The van der Waals surface area contributed by atoms with E-state index in [1.807, 2.05) is 0 Å². The fraction of sp³-hybridized carbons (Fsp3) is 0.692. The van der Waals surface area contributed by atoms with Crippen molar-refractivity contribution >= 4 is 23.5 Å². The van der Waals surface area contributed by atoms with Crippen molar-refractivity contribution in [2.24, 2.45) is 0 Å². The van der Waals surface area contributed by atoms with Gasteiger partial charge >= 0.3 is 5.97 Å². The molecule has 6 N–H and O–H groups in total. The molecule has 1 aliphatic heterocycles. The Balaban J connectivity index is 2.96. The number of carbonyl (C=O) groups is 2. The van der Waals surface area contributed by atoms with E-state index in [-0.39, 0.29) is 12.3 Å². The lowest BCUT2D eigenvalue weighted by Gasteiger charge is -2.38. The number of rotatable bonds is 8. The number of hydrogen-bond acceptors (Lipinski definition) is 7. The summed E-state index contributed by atoms with van der Waals surface area (Å²) in [6, 6.07) is -1.20. The summed E-state index contributed by atoms with van der Waals surface area (Å²) in [6.07, 6.45) is -4.95. The molecule has 0 saturated heterocycles. The van der Waals surface area contributed by atoms with Crippen LogP contribution < -0.4 is 5.32 Å². The minimum atomic E-state index is -1.73. The number of carbonyl (C=O) groups excluding carboxylic acids is 1. The van der Waals surface area contributed by atoms with Gasteiger partial charge in [0.05, 0.1) is 12.6 Å². The van der Waals surface area contributed by atoms with Crippen LogP contribution in [0.2, 0.25) is 0 Å². The second-order valence-corrected chi connectivity index (χ2v) is 5.41. The summed E-state index contributed by atoms with van der Waals surface area (Å²) in [6.45, 7) is -0.809. The van der Waals surface area contributed by atoms with Gasteiger partial charge < -0.3 is 35.6 Å². The highest BCUT2D eigenvalue weighted by Gasteiger charge is 2.43. The van der Waals surface area contributed by atoms with Crippen LogP contribution >= 0.6 is 11.6 Å². The fourth-order valence-corrected chi connectivity index (χ4v) is 2.23. The van der Waals surface area contributed by atoms with Crippen LogP contribution in [0.25, 0.3) is 0 Å². The third kappa shape index (κ3) is 5.33. The number of hydrogen-bond donors (Lipinski definition) is 6. The maximum atomic E-state index is 11.8. The van der Waals surface area contributed by atoms with Crippen molar-refractivity contribution in [1.82, 2.24) is 5.32 Å². The van der Waals surface area contributed by atoms with E-state index in [4.69, 9.17) is 26.6 Å². The van der Waals surface area contributed by atoms with Crippen LogP contribution in [0.3, 0.4) is 0 Å². The topological polar surface area (TPSA) is 157 Å². The largest absolute Gasteiger partial charge is 0.478 e. The van der Waals surface area contributed by atoms with E-state index < -0.39 is 54.7 Å². The standard InChI is InChI=1S/C13H20ClNO8/c14-3-1-2-9(19)15-10-6(17)4-8(13(21)22)23-12(10)11(20)7(18)5-16/h4,6-7,10-12,16-18,20H,1-3,5H2,(H,15,19)(H,21,22)/t6?,7-,10?,11-,12-/m1/s1. The van der Waals surface area contributed by atoms with Crippen molar-refractivity contribution in [3.05, 3.63) is 11.8 Å². The lowest BCUT2D eigenvalue weighted by molar-refractivity contribution is -0.149. The predicted molar refractivity (Wildman–Crippen MR) is 77.6 cm³/mol. The van der Waals surface area contributed by atoms with Gasteiger partial charge in [0.15, 0.2) is 6.10 Å². The average molecular weight is 354 g/mol. The molecule has 0 fully saturated rings. The van der Waals surface area contributed by atoms with Gasteiger partial charge in [-0.05, 0) is 12.5 Å². The number of amides is 1. The molecule has 0 aromatic rings. The summed E-state index contributed by atoms with van der Waals surface area (Å²) in [5, 5.41) is 49.8. The average Bonchev–Trinajstić information content (AvgIpc) is 2.52. The summed E-state index contributed by atoms with van der Waals surface area (Å²) in [7, 11) is 0. The number of aliphatic hydroxyl groups excluding tert-OH is 4. The van der Waals surface area contributed by atoms with Gasteiger partial charge in [0.25, 0.3) is 0 Å². The first-order valence-electron chi connectivity index (χ1n) is 6.94. The zero-order chi connectivity index (χ0) is 17.6. The molecule has 0 saturated carbocycles. The molecule has 1 aliphatic rings. The monoisotopic (exact) mass is 353 g/mol. The summed E-state index contributed by atoms with van der Waals surface area (Å²) >= 11 is 5.48. The third-order valence-electron chi connectivity index (χ3n) is 3.30. The van der Waals surface area contributed by atoms with E-state index in [1.165, 1.54) is 0 Å². The number of alkyl halides is 1. The molecule has 23 heavy (non-hydrogen) atoms. The first-order chi connectivity index (χ1) is 10.8. The van der Waals surface area contributed by atoms with Gasteiger partial charge in [-0.1, -0.05) is 0 Å². The molecule has 132 valence electrons. The Labute approximate surface area is 137 Å². The van der Waals surface area contributed by atoms with Crippen LogP contribution in [0, 0.1) is 0 Å². The van der Waals surface area contributed by atoms with E-state index in [0.717, 1.165) is 6.08 Å². The molecule has 0 aromatic carbocycles. The van der Waals surface area contributed by atoms with Crippen molar-refractivity contribution in [2.75, 3.05) is 12.5 Å². The maximum absolute atomic E-state index is 11.8. The Morgan fingerprint density at radius 2 is 2.04 bits per heavy atom. The summed E-state index contributed by atoms with van der Waals surface area (Å²) in [4.78, 5) is 22.7. The van der Waals surface area contributed by atoms with Gasteiger partial charge in [-0.2, -0.15) is 0 Å². The predicted octanol–water partition coefficient (Wildman–Crippen LogP) is -2.07. The lowest BCUT2D eigenvalue weighted by atomic mass is 9.93. The number of nitrogens with one attached hydrogen (secondary N) is 1. The van der Waals surface area contributed by atoms with Crippen LogP contribution in [0.15, 0.2) is 11.8 Å². The molecule has 10 heteroatoms. The van der Waals surface area contributed by atoms with Crippen LogP contribution in [-0.4, -0.2) is 80.4 Å². The molecule has 0 radical (unpaired) electrons. The van der Waals surface area contributed by atoms with Crippen LogP contribution in [0.1, 0.15) is 12.8 Å². The second-order valence-electron chi connectivity index (χ2n) is 5.04. The normalized spacial score (nSPS) is 26.7. The molecule has 5 atom stereocenters. The highest BCUT2D eigenvalue weighted by atomic mass is 35.5. The number of aliphatic carboxylic acids is 1. The van der Waals surface area contributed by atoms with E-state index in [2.05, 4.69) is 5.32 Å². The summed E-state index contributed by atoms with van der Waals surface area (Å²) < 4.78 is 5.06. The maximum Gasteiger partial charge on any atom is 0.370 e. The van der Waals surface area contributed by atoms with Crippen molar-refractivity contribution in [3.63, 3.8) is 0 Å². The number of carboxylic acid groups (broad SMARTS) is 1. The molecule has 0 bridgehead atoms. The Bertz CT molecular complexity index is 457. The molecule has 2 unspecified atom stereocenters. The first kappa shape index (κ1) is 19.7. The van der Waals surface area contributed by atoms with E-state index in [0.29, 0.717) is 6.42 Å². The van der Waals surface area contributed by atoms with Gasteiger partial charge in [-0.15, -0.1) is 11.6 Å². The Kier molecular flexibility index (Phi) is 7.73. The summed E-state index contributed by atoms with van der Waals surface area (Å²) in [5.74, 6) is -2.33. The van der Waals surface area contributed by atoms with Gasteiger partial charge in [0, 0.05) is 12.3 Å². The number of halogens is 1. The molecule has 1 amide bonds. The fourth-order valence-electron chi connectivity index (χ4n) is 2.10. The molecular weight excluding hydrogens is 334 g/mol. The lowest BCUT2D eigenvalue weighted by Crippen LogP contribution is -2.60. The Morgan fingerprint density at radius 1 is 1.39 bits per heavy atom. The molecule has 0 aromatic heterocycles. The highest BCUT2D eigenvalue weighted by Crippen LogP contribution is 2.23. The SMILES string of the molecule is O=C(CCCCl)NC1C(O)C=C(C(=O)O)O[C@H]1[C@H](O)[C@H](O)CO.